The molecule has 1 aromatic heterocycles. The van der Waals surface area contributed by atoms with Crippen LogP contribution in [0.1, 0.15) is 138 Å². The number of nitrogens with zero attached hydrogens (tertiary/aromatic N) is 3. The van der Waals surface area contributed by atoms with Crippen molar-refractivity contribution in [3.8, 4) is 0 Å². The molecule has 0 atom stereocenters. The molecule has 2 N–H and O–H groups in total. The monoisotopic (exact) mass is 445 g/mol. The summed E-state index contributed by atoms with van der Waals surface area (Å²) in [6.45, 7) is 20.5. The van der Waals surface area contributed by atoms with E-state index in [1.807, 2.05) is 0 Å². The summed E-state index contributed by atoms with van der Waals surface area (Å²) in [5, 5.41) is 7.66. The molecule has 0 spiro atoms. The molecular formula is C27H51N5. The zero-order valence-corrected chi connectivity index (χ0v) is 22.6. The fourth-order valence-corrected chi connectivity index (χ4v) is 4.62. The van der Waals surface area contributed by atoms with Crippen molar-refractivity contribution in [3.05, 3.63) is 11.6 Å². The van der Waals surface area contributed by atoms with E-state index >= 15 is 0 Å². The second-order valence-electron chi connectivity index (χ2n) is 10.9. The molecule has 0 radical (unpaired) electrons. The molecule has 0 amide bonds. The Hall–Kier alpha value is -1.23. The molecule has 0 bridgehead atoms. The molecule has 5 nitrogen and oxygen atoms in total. The highest BCUT2D eigenvalue weighted by molar-refractivity contribution is 5.30. The Balaban J connectivity index is 2.21. The number of hydrogen-bond donors (Lipinski definition) is 2. The van der Waals surface area contributed by atoms with E-state index in [9.17, 15) is 0 Å². The Morgan fingerprint density at radius 2 is 1.03 bits per heavy atom. The molecule has 1 aromatic rings. The van der Waals surface area contributed by atoms with E-state index in [0.29, 0.717) is 12.1 Å². The standard InChI is InChI=1S/C27H51N5/c1-10-25(7,11-2)22-29-23(26(8,12-3)13-4)31-24(30-22)28-20-16-18-21(19-17-20)32-27(9,14-5)15-6/h20-21,32H,10-19H2,1-9H3,(H,28,29,30,31). The van der Waals surface area contributed by atoms with Gasteiger partial charge < -0.3 is 10.6 Å². The second-order valence-corrected chi connectivity index (χ2v) is 10.9. The summed E-state index contributed by atoms with van der Waals surface area (Å²) in [6, 6.07) is 1.06. The summed E-state index contributed by atoms with van der Waals surface area (Å²) < 4.78 is 0. The molecule has 32 heavy (non-hydrogen) atoms. The van der Waals surface area contributed by atoms with Crippen molar-refractivity contribution in [1.82, 2.24) is 20.3 Å². The molecule has 5 heteroatoms. The molecule has 0 aromatic carbocycles. The summed E-state index contributed by atoms with van der Waals surface area (Å²) >= 11 is 0. The summed E-state index contributed by atoms with van der Waals surface area (Å²) in [4.78, 5) is 15.0. The first-order chi connectivity index (χ1) is 15.1. The lowest BCUT2D eigenvalue weighted by Crippen LogP contribution is -2.49. The Bertz CT molecular complexity index is 660. The highest BCUT2D eigenvalue weighted by Gasteiger charge is 2.33. The number of rotatable bonds is 12. The van der Waals surface area contributed by atoms with Crippen LogP contribution in [-0.2, 0) is 10.8 Å². The third-order valence-electron chi connectivity index (χ3n) is 9.01. The number of anilines is 1. The fourth-order valence-electron chi connectivity index (χ4n) is 4.62. The van der Waals surface area contributed by atoms with Crippen LogP contribution in [0.4, 0.5) is 5.95 Å². The van der Waals surface area contributed by atoms with Gasteiger partial charge in [-0.3, -0.25) is 0 Å². The van der Waals surface area contributed by atoms with E-state index < -0.39 is 0 Å². The van der Waals surface area contributed by atoms with Crippen LogP contribution < -0.4 is 10.6 Å². The van der Waals surface area contributed by atoms with Gasteiger partial charge in [0.2, 0.25) is 5.95 Å². The summed E-state index contributed by atoms with van der Waals surface area (Å²) in [5.74, 6) is 2.70. The maximum absolute atomic E-state index is 5.05. The smallest absolute Gasteiger partial charge is 0.226 e. The molecular weight excluding hydrogens is 394 g/mol. The maximum atomic E-state index is 5.05. The first-order valence-corrected chi connectivity index (χ1v) is 13.4. The summed E-state index contributed by atoms with van der Waals surface area (Å²) in [5.41, 5.74) is 0.240. The van der Waals surface area contributed by atoms with Gasteiger partial charge in [0.1, 0.15) is 11.6 Å². The van der Waals surface area contributed by atoms with Gasteiger partial charge in [-0.25, -0.2) is 4.98 Å². The highest BCUT2D eigenvalue weighted by atomic mass is 15.2. The van der Waals surface area contributed by atoms with Gasteiger partial charge in [-0.1, -0.05) is 55.4 Å². The van der Waals surface area contributed by atoms with Gasteiger partial charge in [0.15, 0.2) is 0 Å². The molecule has 0 aliphatic heterocycles. The minimum Gasteiger partial charge on any atom is -0.351 e. The average Bonchev–Trinajstić information content (AvgIpc) is 2.83. The largest absolute Gasteiger partial charge is 0.351 e. The number of hydrogen-bond acceptors (Lipinski definition) is 5. The normalized spacial score (nSPS) is 20.4. The Morgan fingerprint density at radius 1 is 0.625 bits per heavy atom. The van der Waals surface area contributed by atoms with E-state index in [2.05, 4.69) is 72.9 Å². The van der Waals surface area contributed by atoms with Crippen molar-refractivity contribution in [2.45, 2.75) is 155 Å². The SMILES string of the molecule is CCC(C)(CC)NC1CCC(Nc2nc(C(C)(CC)CC)nc(C(C)(CC)CC)n2)CC1. The number of aromatic nitrogens is 3. The first kappa shape index (κ1) is 27.0. The molecule has 1 fully saturated rings. The fraction of sp³-hybridized carbons (Fsp3) is 0.889. The lowest BCUT2D eigenvalue weighted by molar-refractivity contribution is 0.244. The summed E-state index contributed by atoms with van der Waals surface area (Å²) in [6.07, 6.45) is 11.2. The first-order valence-electron chi connectivity index (χ1n) is 13.4. The van der Waals surface area contributed by atoms with Crippen LogP contribution in [0.15, 0.2) is 0 Å². The van der Waals surface area contributed by atoms with Gasteiger partial charge in [-0.15, -0.1) is 0 Å². The van der Waals surface area contributed by atoms with E-state index in [1.165, 1.54) is 25.7 Å². The van der Waals surface area contributed by atoms with Crippen molar-refractivity contribution in [3.63, 3.8) is 0 Å². The molecule has 1 heterocycles. The lowest BCUT2D eigenvalue weighted by atomic mass is 9.82. The molecule has 0 unspecified atom stereocenters. The minimum absolute atomic E-state index is 0.0111. The Kier molecular flexibility index (Phi) is 9.51. The van der Waals surface area contributed by atoms with E-state index in [-0.39, 0.29) is 16.4 Å². The summed E-state index contributed by atoms with van der Waals surface area (Å²) in [7, 11) is 0. The molecule has 1 saturated carbocycles. The highest BCUT2D eigenvalue weighted by Crippen LogP contribution is 2.34. The lowest BCUT2D eigenvalue weighted by Gasteiger charge is -2.37. The third kappa shape index (κ3) is 6.21. The zero-order chi connectivity index (χ0) is 24.0. The molecule has 2 rings (SSSR count). The van der Waals surface area contributed by atoms with Crippen molar-refractivity contribution in [2.24, 2.45) is 0 Å². The minimum atomic E-state index is -0.0111. The van der Waals surface area contributed by atoms with Crippen LogP contribution in [0.2, 0.25) is 0 Å². The quantitative estimate of drug-likeness (QED) is 0.365. The zero-order valence-electron chi connectivity index (χ0n) is 22.6. The van der Waals surface area contributed by atoms with Gasteiger partial charge >= 0.3 is 0 Å². The van der Waals surface area contributed by atoms with Crippen LogP contribution in [0.5, 0.6) is 0 Å². The molecule has 184 valence electrons. The predicted molar refractivity (Wildman–Crippen MR) is 137 cm³/mol. The Labute approximate surface area is 198 Å². The average molecular weight is 446 g/mol. The Morgan fingerprint density at radius 3 is 1.41 bits per heavy atom. The van der Waals surface area contributed by atoms with Gasteiger partial charge in [0.05, 0.1) is 0 Å². The van der Waals surface area contributed by atoms with Crippen LogP contribution in [0.3, 0.4) is 0 Å². The third-order valence-corrected chi connectivity index (χ3v) is 9.01. The maximum Gasteiger partial charge on any atom is 0.226 e. The van der Waals surface area contributed by atoms with E-state index in [1.54, 1.807) is 0 Å². The van der Waals surface area contributed by atoms with E-state index in [0.717, 1.165) is 56.1 Å². The van der Waals surface area contributed by atoms with Crippen LogP contribution in [0.25, 0.3) is 0 Å². The van der Waals surface area contributed by atoms with Crippen LogP contribution in [0, 0.1) is 0 Å². The van der Waals surface area contributed by atoms with E-state index in [4.69, 9.17) is 15.0 Å². The van der Waals surface area contributed by atoms with Crippen molar-refractivity contribution in [1.29, 1.82) is 0 Å². The van der Waals surface area contributed by atoms with Crippen molar-refractivity contribution >= 4 is 5.95 Å². The predicted octanol–water partition coefficient (Wildman–Crippen LogP) is 6.92. The van der Waals surface area contributed by atoms with Crippen LogP contribution in [-0.4, -0.2) is 32.6 Å². The molecule has 0 saturated heterocycles. The second kappa shape index (κ2) is 11.3. The van der Waals surface area contributed by atoms with Crippen molar-refractivity contribution in [2.75, 3.05) is 5.32 Å². The van der Waals surface area contributed by atoms with Gasteiger partial charge in [0.25, 0.3) is 0 Å². The van der Waals surface area contributed by atoms with Crippen molar-refractivity contribution < 1.29 is 0 Å². The van der Waals surface area contributed by atoms with Gasteiger partial charge in [0, 0.05) is 28.5 Å². The van der Waals surface area contributed by atoms with Gasteiger partial charge in [-0.2, -0.15) is 9.97 Å². The molecule has 1 aliphatic carbocycles. The van der Waals surface area contributed by atoms with Crippen LogP contribution >= 0.6 is 0 Å². The van der Waals surface area contributed by atoms with Gasteiger partial charge in [-0.05, 0) is 71.1 Å². The number of nitrogens with one attached hydrogen (secondary N) is 2. The topological polar surface area (TPSA) is 62.7 Å². The molecule has 1 aliphatic rings.